The monoisotopic (exact) mass is 345 g/mol. The van der Waals surface area contributed by atoms with Crippen LogP contribution in [0.1, 0.15) is 10.6 Å². The summed E-state index contributed by atoms with van der Waals surface area (Å²) in [6.07, 6.45) is 3.41. The number of thiazole rings is 1. The second-order valence-corrected chi connectivity index (χ2v) is 7.71. The van der Waals surface area contributed by atoms with E-state index in [1.54, 1.807) is 30.6 Å². The molecule has 0 unspecified atom stereocenters. The van der Waals surface area contributed by atoms with E-state index in [-0.39, 0.29) is 11.4 Å². The van der Waals surface area contributed by atoms with Crippen molar-refractivity contribution in [3.63, 3.8) is 0 Å². The van der Waals surface area contributed by atoms with Crippen LogP contribution >= 0.6 is 11.3 Å². The zero-order valence-electron chi connectivity index (χ0n) is 12.4. The Hall–Kier alpha value is -2.09. The van der Waals surface area contributed by atoms with Gasteiger partial charge in [0.25, 0.3) is 0 Å². The third-order valence-corrected chi connectivity index (χ3v) is 5.49. The molecule has 3 rings (SSSR count). The number of hydrogen-bond donors (Lipinski definition) is 1. The van der Waals surface area contributed by atoms with E-state index in [0.29, 0.717) is 5.01 Å². The van der Waals surface area contributed by atoms with Gasteiger partial charge in [-0.1, -0.05) is 12.1 Å². The van der Waals surface area contributed by atoms with Crippen molar-refractivity contribution in [2.45, 2.75) is 18.4 Å². The second kappa shape index (κ2) is 6.57. The van der Waals surface area contributed by atoms with E-state index in [9.17, 15) is 8.42 Å². The molecule has 5 nitrogen and oxygen atoms in total. The van der Waals surface area contributed by atoms with E-state index < -0.39 is 10.0 Å². The Balaban J connectivity index is 1.73. The number of benzene rings is 1. The third kappa shape index (κ3) is 3.82. The quantitative estimate of drug-likeness (QED) is 0.771. The number of nitrogens with one attached hydrogen (secondary N) is 1. The normalized spacial score (nSPS) is 11.5. The first-order valence-corrected chi connectivity index (χ1v) is 9.32. The smallest absolute Gasteiger partial charge is 0.240 e. The lowest BCUT2D eigenvalue weighted by atomic mass is 10.2. The maximum atomic E-state index is 12.3. The van der Waals surface area contributed by atoms with Crippen LogP contribution in [0.15, 0.2) is 59.1 Å². The van der Waals surface area contributed by atoms with E-state index in [0.717, 1.165) is 16.8 Å². The van der Waals surface area contributed by atoms with Gasteiger partial charge in [-0.05, 0) is 36.8 Å². The maximum absolute atomic E-state index is 12.3. The molecule has 0 aliphatic heterocycles. The summed E-state index contributed by atoms with van der Waals surface area (Å²) >= 11 is 1.42. The highest BCUT2D eigenvalue weighted by atomic mass is 32.2. The van der Waals surface area contributed by atoms with E-state index in [1.807, 2.05) is 30.5 Å². The molecule has 1 N–H and O–H groups in total. The largest absolute Gasteiger partial charge is 0.265 e. The fraction of sp³-hybridized carbons (Fsp3) is 0.125. The van der Waals surface area contributed by atoms with Crippen LogP contribution in [0.4, 0.5) is 0 Å². The summed E-state index contributed by atoms with van der Waals surface area (Å²) in [6.45, 7) is 2.03. The van der Waals surface area contributed by atoms with E-state index in [4.69, 9.17) is 0 Å². The van der Waals surface area contributed by atoms with Gasteiger partial charge in [-0.3, -0.25) is 4.98 Å². The number of hydrogen-bond acceptors (Lipinski definition) is 5. The molecule has 23 heavy (non-hydrogen) atoms. The van der Waals surface area contributed by atoms with Crippen LogP contribution in [-0.2, 0) is 16.6 Å². The highest BCUT2D eigenvalue weighted by Gasteiger charge is 2.14. The van der Waals surface area contributed by atoms with Crippen molar-refractivity contribution in [3.8, 4) is 11.3 Å². The van der Waals surface area contributed by atoms with Crippen molar-refractivity contribution in [3.05, 3.63) is 64.7 Å². The van der Waals surface area contributed by atoms with Gasteiger partial charge in [0, 0.05) is 23.3 Å². The van der Waals surface area contributed by atoms with Crippen LogP contribution in [0, 0.1) is 6.92 Å². The Kier molecular flexibility index (Phi) is 4.51. The Labute approximate surface area is 139 Å². The molecule has 2 aromatic heterocycles. The maximum Gasteiger partial charge on any atom is 0.240 e. The molecule has 2 heterocycles. The van der Waals surface area contributed by atoms with Crippen molar-refractivity contribution in [2.75, 3.05) is 0 Å². The molecular weight excluding hydrogens is 330 g/mol. The number of rotatable bonds is 5. The summed E-state index contributed by atoms with van der Waals surface area (Å²) in [6, 6.07) is 10.6. The Morgan fingerprint density at radius 2 is 1.96 bits per heavy atom. The first-order chi connectivity index (χ1) is 11.0. The van der Waals surface area contributed by atoms with Gasteiger partial charge in [0.1, 0.15) is 5.01 Å². The van der Waals surface area contributed by atoms with Crippen LogP contribution in [0.3, 0.4) is 0 Å². The number of nitrogens with zero attached hydrogens (tertiary/aromatic N) is 2. The number of aromatic nitrogens is 2. The fourth-order valence-corrected chi connectivity index (χ4v) is 4.00. The van der Waals surface area contributed by atoms with Crippen molar-refractivity contribution in [1.29, 1.82) is 0 Å². The molecule has 3 aromatic rings. The highest BCUT2D eigenvalue weighted by Crippen LogP contribution is 2.21. The predicted molar refractivity (Wildman–Crippen MR) is 90.5 cm³/mol. The summed E-state index contributed by atoms with van der Waals surface area (Å²) in [5.74, 6) is 0. The minimum atomic E-state index is -3.53. The van der Waals surface area contributed by atoms with Crippen molar-refractivity contribution in [1.82, 2.24) is 14.7 Å². The van der Waals surface area contributed by atoms with E-state index in [2.05, 4.69) is 14.7 Å². The SMILES string of the molecule is Cc1cccc(S(=O)(=O)NCc2nc(-c3ccncc3)cs2)c1. The molecular formula is C16H15N3O2S2. The zero-order chi connectivity index (χ0) is 16.3. The fourth-order valence-electron chi connectivity index (χ4n) is 2.07. The highest BCUT2D eigenvalue weighted by molar-refractivity contribution is 7.89. The summed E-state index contributed by atoms with van der Waals surface area (Å²) in [5.41, 5.74) is 2.69. The summed E-state index contributed by atoms with van der Waals surface area (Å²) < 4.78 is 27.2. The molecule has 0 amide bonds. The summed E-state index contributed by atoms with van der Waals surface area (Å²) in [7, 11) is -3.53. The first-order valence-electron chi connectivity index (χ1n) is 6.96. The van der Waals surface area contributed by atoms with Gasteiger partial charge in [0.05, 0.1) is 17.1 Å². The standard InChI is InChI=1S/C16H15N3O2S2/c1-12-3-2-4-14(9-12)23(20,21)18-10-16-19-15(11-22-16)13-5-7-17-8-6-13/h2-9,11,18H,10H2,1H3. The molecule has 0 radical (unpaired) electrons. The lowest BCUT2D eigenvalue weighted by molar-refractivity contribution is 0.581. The summed E-state index contributed by atoms with van der Waals surface area (Å²) in [5, 5.41) is 2.62. The van der Waals surface area contributed by atoms with Gasteiger partial charge in [-0.15, -0.1) is 11.3 Å². The number of pyridine rings is 1. The molecule has 0 atom stereocenters. The van der Waals surface area contributed by atoms with Gasteiger partial charge >= 0.3 is 0 Å². The topological polar surface area (TPSA) is 72.0 Å². The van der Waals surface area contributed by atoms with Gasteiger partial charge in [0.2, 0.25) is 10.0 Å². The van der Waals surface area contributed by atoms with Crippen LogP contribution in [0.25, 0.3) is 11.3 Å². The van der Waals surface area contributed by atoms with Crippen LogP contribution < -0.4 is 4.72 Å². The first kappa shape index (κ1) is 15.8. The van der Waals surface area contributed by atoms with E-state index >= 15 is 0 Å². The Bertz CT molecular complexity index is 906. The number of sulfonamides is 1. The van der Waals surface area contributed by atoms with Gasteiger partial charge in [0.15, 0.2) is 0 Å². The lowest BCUT2D eigenvalue weighted by Gasteiger charge is -2.05. The molecule has 0 aliphatic carbocycles. The lowest BCUT2D eigenvalue weighted by Crippen LogP contribution is -2.23. The number of aryl methyl sites for hydroxylation is 1. The molecule has 1 aromatic carbocycles. The van der Waals surface area contributed by atoms with Gasteiger partial charge in [-0.25, -0.2) is 18.1 Å². The summed E-state index contributed by atoms with van der Waals surface area (Å²) in [4.78, 5) is 8.70. The van der Waals surface area contributed by atoms with Crippen LogP contribution in [-0.4, -0.2) is 18.4 Å². The molecule has 0 saturated heterocycles. The average molecular weight is 345 g/mol. The minimum Gasteiger partial charge on any atom is -0.265 e. The van der Waals surface area contributed by atoms with Crippen LogP contribution in [0.5, 0.6) is 0 Å². The Morgan fingerprint density at radius 1 is 1.17 bits per heavy atom. The molecule has 118 valence electrons. The molecule has 0 bridgehead atoms. The molecule has 7 heteroatoms. The predicted octanol–water partition coefficient (Wildman–Crippen LogP) is 2.99. The average Bonchev–Trinajstić information content (AvgIpc) is 3.03. The molecule has 0 fully saturated rings. The third-order valence-electron chi connectivity index (χ3n) is 3.24. The molecule has 0 aliphatic rings. The molecule has 0 spiro atoms. The van der Waals surface area contributed by atoms with Crippen molar-refractivity contribution < 1.29 is 8.42 Å². The second-order valence-electron chi connectivity index (χ2n) is 5.00. The Morgan fingerprint density at radius 3 is 2.70 bits per heavy atom. The van der Waals surface area contributed by atoms with Crippen LogP contribution in [0.2, 0.25) is 0 Å². The van der Waals surface area contributed by atoms with E-state index in [1.165, 1.54) is 11.3 Å². The van der Waals surface area contributed by atoms with Crippen molar-refractivity contribution >= 4 is 21.4 Å². The van der Waals surface area contributed by atoms with Gasteiger partial charge in [-0.2, -0.15) is 0 Å². The molecule has 0 saturated carbocycles. The van der Waals surface area contributed by atoms with Crippen molar-refractivity contribution in [2.24, 2.45) is 0 Å². The minimum absolute atomic E-state index is 0.173. The van der Waals surface area contributed by atoms with Gasteiger partial charge < -0.3 is 0 Å². The zero-order valence-corrected chi connectivity index (χ0v) is 14.1.